The van der Waals surface area contributed by atoms with E-state index in [0.717, 1.165) is 70.8 Å². The van der Waals surface area contributed by atoms with Gasteiger partial charge in [-0.3, -0.25) is 9.58 Å². The Hall–Kier alpha value is -3.15. The Morgan fingerprint density at radius 1 is 1.12 bits per heavy atom. The third-order valence-electron chi connectivity index (χ3n) is 6.58. The topological polar surface area (TPSA) is 108 Å². The molecular formula is C23H27N9OS. The van der Waals surface area contributed by atoms with Crippen LogP contribution in [0.2, 0.25) is 0 Å². The van der Waals surface area contributed by atoms with Crippen LogP contribution < -0.4 is 10.2 Å². The van der Waals surface area contributed by atoms with Crippen molar-refractivity contribution in [2.45, 2.75) is 38.9 Å². The lowest BCUT2D eigenvalue weighted by Gasteiger charge is -2.34. The van der Waals surface area contributed by atoms with Crippen molar-refractivity contribution in [1.29, 1.82) is 0 Å². The maximum absolute atomic E-state index is 9.29. The zero-order valence-electron chi connectivity index (χ0n) is 19.2. The number of pyridine rings is 1. The maximum Gasteiger partial charge on any atom is 0.227 e. The first-order chi connectivity index (χ1) is 16.6. The Labute approximate surface area is 201 Å². The number of hydrogen-bond donors (Lipinski definition) is 2. The Morgan fingerprint density at radius 2 is 2.03 bits per heavy atom. The minimum absolute atomic E-state index is 0.207. The van der Waals surface area contributed by atoms with Gasteiger partial charge in [0.05, 0.1) is 23.0 Å². The molecule has 0 spiro atoms. The Bertz CT molecular complexity index is 1340. The van der Waals surface area contributed by atoms with Crippen LogP contribution in [-0.4, -0.2) is 78.0 Å². The van der Waals surface area contributed by atoms with E-state index in [9.17, 15) is 5.11 Å². The highest BCUT2D eigenvalue weighted by atomic mass is 32.1. The average molecular weight is 478 g/mol. The van der Waals surface area contributed by atoms with Crippen LogP contribution in [0.15, 0.2) is 30.7 Å². The number of β-amino-alcohol motifs (C(OH)–C–C–N with tert-alkyl or cyclic N) is 1. The van der Waals surface area contributed by atoms with Crippen molar-refractivity contribution in [2.24, 2.45) is 0 Å². The summed E-state index contributed by atoms with van der Waals surface area (Å²) < 4.78 is 2.93. The zero-order chi connectivity index (χ0) is 23.2. The first-order valence-electron chi connectivity index (χ1n) is 11.6. The van der Waals surface area contributed by atoms with Crippen molar-refractivity contribution in [3.05, 3.63) is 36.4 Å². The lowest BCUT2D eigenvalue weighted by molar-refractivity contribution is 0.176. The largest absolute Gasteiger partial charge is 0.395 e. The quantitative estimate of drug-likeness (QED) is 0.415. The third-order valence-corrected chi connectivity index (χ3v) is 7.63. The lowest BCUT2D eigenvalue weighted by Crippen LogP contribution is -2.47. The third kappa shape index (κ3) is 3.89. The summed E-state index contributed by atoms with van der Waals surface area (Å²) in [4.78, 5) is 23.6. The van der Waals surface area contributed by atoms with Crippen LogP contribution in [0, 0.1) is 6.92 Å². The first-order valence-corrected chi connectivity index (χ1v) is 12.4. The van der Waals surface area contributed by atoms with E-state index in [1.54, 1.807) is 11.3 Å². The molecular weight excluding hydrogens is 450 g/mol. The number of likely N-dealkylation sites (tertiary alicyclic amines) is 1. The average Bonchev–Trinajstić information content (AvgIpc) is 3.60. The minimum Gasteiger partial charge on any atom is -0.395 e. The van der Waals surface area contributed by atoms with E-state index in [0.29, 0.717) is 17.9 Å². The van der Waals surface area contributed by atoms with E-state index in [1.165, 1.54) is 0 Å². The molecule has 6 rings (SSSR count). The molecule has 2 aliphatic heterocycles. The second-order valence-electron chi connectivity index (χ2n) is 8.87. The molecule has 176 valence electrons. The van der Waals surface area contributed by atoms with Crippen LogP contribution in [0.4, 0.5) is 17.6 Å². The van der Waals surface area contributed by atoms with E-state index in [-0.39, 0.29) is 6.61 Å². The van der Waals surface area contributed by atoms with Gasteiger partial charge in [-0.2, -0.15) is 10.1 Å². The molecule has 2 N–H and O–H groups in total. The van der Waals surface area contributed by atoms with Crippen molar-refractivity contribution in [1.82, 2.24) is 34.6 Å². The number of piperazine rings is 1. The second kappa shape index (κ2) is 8.57. The number of aromatic nitrogens is 6. The molecule has 0 unspecified atom stereocenters. The van der Waals surface area contributed by atoms with E-state index < -0.39 is 0 Å². The van der Waals surface area contributed by atoms with Gasteiger partial charge >= 0.3 is 0 Å². The fraction of sp³-hybridized carbons (Fsp3) is 0.435. The van der Waals surface area contributed by atoms with Crippen LogP contribution >= 0.6 is 11.3 Å². The Kier molecular flexibility index (Phi) is 5.39. The first kappa shape index (κ1) is 21.4. The van der Waals surface area contributed by atoms with E-state index in [1.807, 2.05) is 42.3 Å². The van der Waals surface area contributed by atoms with Gasteiger partial charge in [0.1, 0.15) is 16.6 Å². The summed E-state index contributed by atoms with van der Waals surface area (Å²) in [5.41, 5.74) is 2.83. The lowest BCUT2D eigenvalue weighted by atomic mass is 10.2. The smallest absolute Gasteiger partial charge is 0.227 e. The van der Waals surface area contributed by atoms with Crippen molar-refractivity contribution >= 4 is 39.1 Å². The van der Waals surface area contributed by atoms with Crippen molar-refractivity contribution < 1.29 is 5.11 Å². The molecule has 2 fully saturated rings. The van der Waals surface area contributed by atoms with E-state index in [2.05, 4.69) is 32.1 Å². The molecule has 4 aromatic rings. The summed E-state index contributed by atoms with van der Waals surface area (Å²) in [7, 11) is 0. The fourth-order valence-electron chi connectivity index (χ4n) is 4.95. The summed E-state index contributed by atoms with van der Waals surface area (Å²) in [6, 6.07) is 4.76. The van der Waals surface area contributed by atoms with E-state index in [4.69, 9.17) is 15.0 Å². The minimum atomic E-state index is 0.207. The molecule has 0 aromatic carbocycles. The second-order valence-corrected chi connectivity index (χ2v) is 9.91. The van der Waals surface area contributed by atoms with Crippen LogP contribution in [0.5, 0.6) is 0 Å². The molecule has 6 heterocycles. The molecule has 0 radical (unpaired) electrons. The highest BCUT2D eigenvalue weighted by Crippen LogP contribution is 2.34. The van der Waals surface area contributed by atoms with Gasteiger partial charge in [-0.1, -0.05) is 0 Å². The summed E-state index contributed by atoms with van der Waals surface area (Å²) in [5, 5.41) is 17.9. The van der Waals surface area contributed by atoms with Crippen LogP contribution in [0.25, 0.3) is 20.8 Å². The monoisotopic (exact) mass is 477 g/mol. The summed E-state index contributed by atoms with van der Waals surface area (Å²) in [6.07, 6.45) is 6.82. The Morgan fingerprint density at radius 3 is 2.79 bits per heavy atom. The normalized spacial score (nSPS) is 20.0. The zero-order valence-corrected chi connectivity index (χ0v) is 20.0. The molecule has 2 saturated heterocycles. The number of thiazole rings is 1. The number of aliphatic hydroxyl groups excluding tert-OH is 1. The number of rotatable bonds is 7. The molecule has 10 nitrogen and oxygen atoms in total. The number of aliphatic hydroxyl groups is 1. The predicted molar refractivity (Wildman–Crippen MR) is 133 cm³/mol. The predicted octanol–water partition coefficient (Wildman–Crippen LogP) is 2.67. The molecule has 2 atom stereocenters. The fourth-order valence-corrected chi connectivity index (χ4v) is 5.84. The van der Waals surface area contributed by atoms with Crippen LogP contribution in [0.3, 0.4) is 0 Å². The molecule has 0 amide bonds. The van der Waals surface area contributed by atoms with Gasteiger partial charge < -0.3 is 15.3 Å². The van der Waals surface area contributed by atoms with Gasteiger partial charge in [-0.25, -0.2) is 15.0 Å². The van der Waals surface area contributed by atoms with Gasteiger partial charge in [0, 0.05) is 74.0 Å². The highest BCUT2D eigenvalue weighted by Gasteiger charge is 2.43. The van der Waals surface area contributed by atoms with E-state index >= 15 is 0 Å². The molecule has 34 heavy (non-hydrogen) atoms. The van der Waals surface area contributed by atoms with Gasteiger partial charge in [-0.15, -0.1) is 11.3 Å². The highest BCUT2D eigenvalue weighted by molar-refractivity contribution is 7.21. The summed E-state index contributed by atoms with van der Waals surface area (Å²) in [6.45, 7) is 7.68. The number of anilines is 3. The SMILES string of the molecule is CCn1cc(-c2nc3cc(Nc4cc(C)nc(N5C[C@@H]6C[C@H]5CN6CCO)n4)ncc3s2)cn1. The van der Waals surface area contributed by atoms with Crippen molar-refractivity contribution in [3.8, 4) is 10.6 Å². The van der Waals surface area contributed by atoms with Gasteiger partial charge in [-0.05, 0) is 20.3 Å². The summed E-state index contributed by atoms with van der Waals surface area (Å²) >= 11 is 1.61. The van der Waals surface area contributed by atoms with Crippen molar-refractivity contribution in [2.75, 3.05) is 36.5 Å². The molecule has 2 bridgehead atoms. The molecule has 0 aliphatic carbocycles. The standard InChI is InChI=1S/C23H27N9OS/c1-3-31-11-15(9-25-31)22-27-18-8-20(24-10-19(18)34-22)28-21-6-14(2)26-23(29-21)32-13-16-7-17(32)12-30(16)4-5-33/h6,8-11,16-17,33H,3-5,7,12-13H2,1-2H3,(H,24,26,28,29)/t16-,17-/m0/s1. The molecule has 2 aliphatic rings. The van der Waals surface area contributed by atoms with Gasteiger partial charge in [0.15, 0.2) is 0 Å². The number of hydrogen-bond acceptors (Lipinski definition) is 10. The summed E-state index contributed by atoms with van der Waals surface area (Å²) in [5.74, 6) is 2.18. The number of fused-ring (bicyclic) bond motifs is 3. The number of nitrogens with one attached hydrogen (secondary N) is 1. The maximum atomic E-state index is 9.29. The molecule has 4 aromatic heterocycles. The Balaban J connectivity index is 1.22. The number of aryl methyl sites for hydroxylation is 2. The van der Waals surface area contributed by atoms with Gasteiger partial charge in [0.25, 0.3) is 0 Å². The molecule has 0 saturated carbocycles. The van der Waals surface area contributed by atoms with Crippen LogP contribution in [-0.2, 0) is 6.54 Å². The molecule has 11 heteroatoms. The van der Waals surface area contributed by atoms with Gasteiger partial charge in [0.2, 0.25) is 5.95 Å². The number of nitrogens with zero attached hydrogens (tertiary/aromatic N) is 8. The van der Waals surface area contributed by atoms with Crippen LogP contribution in [0.1, 0.15) is 19.0 Å². The van der Waals surface area contributed by atoms with Crippen molar-refractivity contribution in [3.63, 3.8) is 0 Å².